The minimum atomic E-state index is 0.862. The number of aryl methyl sites for hydroxylation is 2. The first-order valence-corrected chi connectivity index (χ1v) is 9.98. The maximum Gasteiger partial charge on any atom is 0.131 e. The number of aromatic nitrogens is 2. The van der Waals surface area contributed by atoms with Gasteiger partial charge in [0.15, 0.2) is 0 Å². The fourth-order valence-electron chi connectivity index (χ4n) is 2.94. The monoisotopic (exact) mass is 339 g/mol. The fourth-order valence-corrected chi connectivity index (χ4v) is 2.94. The quantitative estimate of drug-likeness (QED) is 0.450. The molecule has 0 saturated carbocycles. The van der Waals surface area contributed by atoms with Crippen molar-refractivity contribution in [2.45, 2.75) is 78.1 Å². The topological polar surface area (TPSA) is 37.8 Å². The average Bonchev–Trinajstić information content (AvgIpc) is 2.65. The molecule has 2 rings (SSSR count). The van der Waals surface area contributed by atoms with E-state index in [0.29, 0.717) is 0 Å². The maximum absolute atomic E-state index is 4.51. The van der Waals surface area contributed by atoms with Gasteiger partial charge in [0.1, 0.15) is 11.6 Å². The van der Waals surface area contributed by atoms with Gasteiger partial charge in [-0.05, 0) is 48.9 Å². The SMILES string of the molecule is CCCCCCc1ccc(Nc2ccc(CCCCCC)cn2)nc1. The van der Waals surface area contributed by atoms with Gasteiger partial charge in [-0.15, -0.1) is 0 Å². The van der Waals surface area contributed by atoms with E-state index in [1.54, 1.807) is 0 Å². The predicted octanol–water partition coefficient (Wildman–Crippen LogP) is 6.47. The van der Waals surface area contributed by atoms with Gasteiger partial charge in [-0.25, -0.2) is 9.97 Å². The Morgan fingerprint density at radius 1 is 0.640 bits per heavy atom. The normalized spacial score (nSPS) is 10.8. The molecule has 0 amide bonds. The summed E-state index contributed by atoms with van der Waals surface area (Å²) in [7, 11) is 0. The fraction of sp³-hybridized carbons (Fsp3) is 0.545. The Balaban J connectivity index is 1.77. The van der Waals surface area contributed by atoms with Crippen molar-refractivity contribution in [3.05, 3.63) is 47.8 Å². The van der Waals surface area contributed by atoms with E-state index < -0.39 is 0 Å². The van der Waals surface area contributed by atoms with Crippen LogP contribution in [0.5, 0.6) is 0 Å². The summed E-state index contributed by atoms with van der Waals surface area (Å²) < 4.78 is 0. The minimum Gasteiger partial charge on any atom is -0.325 e. The summed E-state index contributed by atoms with van der Waals surface area (Å²) in [4.78, 5) is 9.03. The van der Waals surface area contributed by atoms with Crippen LogP contribution in [0.25, 0.3) is 0 Å². The zero-order valence-electron chi connectivity index (χ0n) is 15.9. The molecule has 0 saturated heterocycles. The van der Waals surface area contributed by atoms with Crippen molar-refractivity contribution in [1.29, 1.82) is 0 Å². The summed E-state index contributed by atoms with van der Waals surface area (Å²) >= 11 is 0. The Kier molecular flexibility index (Phi) is 9.03. The molecule has 0 spiro atoms. The van der Waals surface area contributed by atoms with Gasteiger partial charge in [0.2, 0.25) is 0 Å². The van der Waals surface area contributed by atoms with Crippen LogP contribution in [0.3, 0.4) is 0 Å². The standard InChI is InChI=1S/C22H33N3/c1-3-5-7-9-11-19-13-15-21(23-17-19)25-22-16-14-20(18-24-22)12-10-8-6-4-2/h13-18H,3-12H2,1-2H3,(H,23,24,25). The lowest BCUT2D eigenvalue weighted by molar-refractivity contribution is 0.666. The Hall–Kier alpha value is -1.90. The molecule has 0 atom stereocenters. The first-order chi connectivity index (χ1) is 12.3. The van der Waals surface area contributed by atoms with E-state index in [9.17, 15) is 0 Å². The highest BCUT2D eigenvalue weighted by Gasteiger charge is 2.00. The summed E-state index contributed by atoms with van der Waals surface area (Å²) in [5, 5.41) is 3.29. The van der Waals surface area contributed by atoms with Gasteiger partial charge in [-0.2, -0.15) is 0 Å². The number of anilines is 2. The number of nitrogens with one attached hydrogen (secondary N) is 1. The molecule has 0 aliphatic heterocycles. The van der Waals surface area contributed by atoms with Crippen molar-refractivity contribution in [2.24, 2.45) is 0 Å². The first-order valence-electron chi connectivity index (χ1n) is 9.98. The van der Waals surface area contributed by atoms with E-state index >= 15 is 0 Å². The zero-order chi connectivity index (χ0) is 17.7. The van der Waals surface area contributed by atoms with Gasteiger partial charge in [0.25, 0.3) is 0 Å². The van der Waals surface area contributed by atoms with Crippen LogP contribution in [0.2, 0.25) is 0 Å². The van der Waals surface area contributed by atoms with E-state index in [-0.39, 0.29) is 0 Å². The molecule has 0 bridgehead atoms. The van der Waals surface area contributed by atoms with Crippen LogP contribution in [0.15, 0.2) is 36.7 Å². The number of nitrogens with zero attached hydrogens (tertiary/aromatic N) is 2. The third-order valence-electron chi connectivity index (χ3n) is 4.54. The molecule has 0 aromatic carbocycles. The second-order valence-electron chi connectivity index (χ2n) is 6.85. The second kappa shape index (κ2) is 11.6. The molecule has 136 valence electrons. The molecule has 25 heavy (non-hydrogen) atoms. The minimum absolute atomic E-state index is 0.862. The third kappa shape index (κ3) is 7.68. The second-order valence-corrected chi connectivity index (χ2v) is 6.85. The molecular formula is C22H33N3. The van der Waals surface area contributed by atoms with Crippen molar-refractivity contribution in [2.75, 3.05) is 5.32 Å². The molecular weight excluding hydrogens is 306 g/mol. The molecule has 0 fully saturated rings. The number of unbranched alkanes of at least 4 members (excludes halogenated alkanes) is 6. The summed E-state index contributed by atoms with van der Waals surface area (Å²) in [6, 6.07) is 8.44. The Morgan fingerprint density at radius 3 is 1.48 bits per heavy atom. The molecule has 2 aromatic rings. The van der Waals surface area contributed by atoms with Crippen LogP contribution in [-0.2, 0) is 12.8 Å². The Bertz CT molecular complexity index is 522. The zero-order valence-corrected chi connectivity index (χ0v) is 15.9. The van der Waals surface area contributed by atoms with E-state index in [4.69, 9.17) is 0 Å². The van der Waals surface area contributed by atoms with Gasteiger partial charge < -0.3 is 5.32 Å². The molecule has 0 aliphatic carbocycles. The molecule has 3 nitrogen and oxygen atoms in total. The van der Waals surface area contributed by atoms with Gasteiger partial charge >= 0.3 is 0 Å². The molecule has 2 aromatic heterocycles. The summed E-state index contributed by atoms with van der Waals surface area (Å²) in [6.07, 6.45) is 16.6. The van der Waals surface area contributed by atoms with Crippen LogP contribution in [-0.4, -0.2) is 9.97 Å². The number of hydrogen-bond acceptors (Lipinski definition) is 3. The van der Waals surface area contributed by atoms with Crippen molar-refractivity contribution in [3.8, 4) is 0 Å². The Labute approximate surface area is 153 Å². The number of pyridine rings is 2. The lowest BCUT2D eigenvalue weighted by Gasteiger charge is -2.07. The number of rotatable bonds is 12. The third-order valence-corrected chi connectivity index (χ3v) is 4.54. The van der Waals surface area contributed by atoms with Crippen LogP contribution in [0, 0.1) is 0 Å². The largest absolute Gasteiger partial charge is 0.325 e. The lowest BCUT2D eigenvalue weighted by atomic mass is 10.1. The van der Waals surface area contributed by atoms with Gasteiger partial charge in [0.05, 0.1) is 0 Å². The van der Waals surface area contributed by atoms with E-state index in [0.717, 1.165) is 24.5 Å². The smallest absolute Gasteiger partial charge is 0.131 e. The van der Waals surface area contributed by atoms with E-state index in [1.165, 1.54) is 62.5 Å². The highest BCUT2D eigenvalue weighted by Crippen LogP contribution is 2.15. The van der Waals surface area contributed by atoms with Gasteiger partial charge in [-0.1, -0.05) is 64.5 Å². The van der Waals surface area contributed by atoms with Gasteiger partial charge in [0, 0.05) is 12.4 Å². The molecule has 0 radical (unpaired) electrons. The van der Waals surface area contributed by atoms with Crippen LogP contribution < -0.4 is 5.32 Å². The van der Waals surface area contributed by atoms with Crippen LogP contribution in [0.4, 0.5) is 11.6 Å². The van der Waals surface area contributed by atoms with Crippen molar-refractivity contribution in [1.82, 2.24) is 9.97 Å². The van der Waals surface area contributed by atoms with Crippen LogP contribution in [0.1, 0.15) is 76.3 Å². The highest BCUT2D eigenvalue weighted by molar-refractivity contribution is 5.51. The van der Waals surface area contributed by atoms with Crippen molar-refractivity contribution in [3.63, 3.8) is 0 Å². The molecule has 3 heteroatoms. The van der Waals surface area contributed by atoms with E-state index in [1.807, 2.05) is 12.4 Å². The Morgan fingerprint density at radius 2 is 1.12 bits per heavy atom. The average molecular weight is 340 g/mol. The number of hydrogen-bond donors (Lipinski definition) is 1. The van der Waals surface area contributed by atoms with Crippen molar-refractivity contribution < 1.29 is 0 Å². The van der Waals surface area contributed by atoms with Crippen molar-refractivity contribution >= 4 is 11.6 Å². The molecule has 0 unspecified atom stereocenters. The summed E-state index contributed by atoms with van der Waals surface area (Å²) in [6.45, 7) is 4.49. The summed E-state index contributed by atoms with van der Waals surface area (Å²) in [5.74, 6) is 1.72. The van der Waals surface area contributed by atoms with Crippen LogP contribution >= 0.6 is 0 Å². The highest BCUT2D eigenvalue weighted by atomic mass is 15.0. The predicted molar refractivity (Wildman–Crippen MR) is 107 cm³/mol. The summed E-state index contributed by atoms with van der Waals surface area (Å²) in [5.41, 5.74) is 2.63. The lowest BCUT2D eigenvalue weighted by Crippen LogP contribution is -1.97. The van der Waals surface area contributed by atoms with E-state index in [2.05, 4.69) is 53.4 Å². The first kappa shape index (κ1) is 19.4. The molecule has 0 aliphatic rings. The molecule has 2 heterocycles. The molecule has 1 N–H and O–H groups in total. The maximum atomic E-state index is 4.51. The van der Waals surface area contributed by atoms with Gasteiger partial charge in [-0.3, -0.25) is 0 Å².